The molecule has 0 saturated carbocycles. The average Bonchev–Trinajstić information content (AvgIpc) is 2.75. The van der Waals surface area contributed by atoms with Gasteiger partial charge < -0.3 is 14.4 Å². The fraction of sp³-hybridized carbons (Fsp3) is 0.316. The molecule has 0 radical (unpaired) electrons. The minimum atomic E-state index is -1.02. The molecule has 0 atom stereocenters. The predicted molar refractivity (Wildman–Crippen MR) is 94.5 cm³/mol. The monoisotopic (exact) mass is 342 g/mol. The van der Waals surface area contributed by atoms with Crippen molar-refractivity contribution < 1.29 is 23.6 Å². The van der Waals surface area contributed by atoms with Gasteiger partial charge in [0.25, 0.3) is 0 Å². The highest BCUT2D eigenvalue weighted by Gasteiger charge is 2.51. The summed E-state index contributed by atoms with van der Waals surface area (Å²) in [6.07, 6.45) is 0. The van der Waals surface area contributed by atoms with Crippen LogP contribution in [0.2, 0.25) is 0 Å². The summed E-state index contributed by atoms with van der Waals surface area (Å²) in [6, 6.07) is 10.9. The number of hydrogen-bond acceptors (Lipinski definition) is 3. The first-order chi connectivity index (χ1) is 11.6. The van der Waals surface area contributed by atoms with Gasteiger partial charge in [-0.3, -0.25) is 0 Å². The highest BCUT2D eigenvalue weighted by molar-refractivity contribution is 6.62. The van der Waals surface area contributed by atoms with Crippen LogP contribution >= 0.6 is 0 Å². The zero-order valence-electron chi connectivity index (χ0n) is 14.7. The lowest BCUT2D eigenvalue weighted by Crippen LogP contribution is -2.41. The number of carboxylic acids is 1. The summed E-state index contributed by atoms with van der Waals surface area (Å²) in [6.45, 7) is 7.74. The van der Waals surface area contributed by atoms with Crippen molar-refractivity contribution in [1.29, 1.82) is 0 Å². The van der Waals surface area contributed by atoms with Crippen molar-refractivity contribution >= 4 is 18.6 Å². The zero-order valence-corrected chi connectivity index (χ0v) is 14.7. The van der Waals surface area contributed by atoms with Gasteiger partial charge in [-0.1, -0.05) is 18.2 Å². The Labute approximate surface area is 146 Å². The van der Waals surface area contributed by atoms with Crippen LogP contribution < -0.4 is 5.46 Å². The van der Waals surface area contributed by atoms with E-state index in [1.807, 2.05) is 27.7 Å². The number of carbonyl (C=O) groups is 1. The molecule has 25 heavy (non-hydrogen) atoms. The third-order valence-corrected chi connectivity index (χ3v) is 4.89. The topological polar surface area (TPSA) is 55.8 Å². The molecule has 4 nitrogen and oxygen atoms in total. The van der Waals surface area contributed by atoms with Gasteiger partial charge in [-0.2, -0.15) is 0 Å². The van der Waals surface area contributed by atoms with Crippen LogP contribution in [0.4, 0.5) is 4.39 Å². The SMILES string of the molecule is CC1(C)OB(c2cc(F)cc(-c3cccc(C(=O)O)c3)c2)OC1(C)C. The minimum absolute atomic E-state index is 0.152. The van der Waals surface area contributed by atoms with Crippen LogP contribution in [0.5, 0.6) is 0 Å². The second kappa shape index (κ2) is 5.97. The van der Waals surface area contributed by atoms with Gasteiger partial charge in [-0.15, -0.1) is 0 Å². The third-order valence-electron chi connectivity index (χ3n) is 4.89. The van der Waals surface area contributed by atoms with Crippen molar-refractivity contribution in [2.45, 2.75) is 38.9 Å². The molecule has 0 aliphatic carbocycles. The molecule has 1 fully saturated rings. The lowest BCUT2D eigenvalue weighted by molar-refractivity contribution is 0.00578. The van der Waals surface area contributed by atoms with Crippen LogP contribution in [-0.4, -0.2) is 29.4 Å². The number of hydrogen-bond donors (Lipinski definition) is 1. The van der Waals surface area contributed by atoms with Gasteiger partial charge in [-0.25, -0.2) is 9.18 Å². The van der Waals surface area contributed by atoms with Crippen LogP contribution in [0, 0.1) is 5.82 Å². The van der Waals surface area contributed by atoms with E-state index in [1.54, 1.807) is 18.2 Å². The molecule has 1 aliphatic rings. The molecule has 3 rings (SSSR count). The molecule has 0 amide bonds. The Morgan fingerprint density at radius 2 is 1.64 bits per heavy atom. The molecule has 0 bridgehead atoms. The molecule has 1 aliphatic heterocycles. The Kier molecular flexibility index (Phi) is 4.21. The first kappa shape index (κ1) is 17.6. The van der Waals surface area contributed by atoms with E-state index >= 15 is 0 Å². The fourth-order valence-electron chi connectivity index (χ4n) is 2.73. The van der Waals surface area contributed by atoms with E-state index in [9.17, 15) is 9.18 Å². The molecule has 0 unspecified atom stereocenters. The normalized spacial score (nSPS) is 18.4. The van der Waals surface area contributed by atoms with E-state index in [-0.39, 0.29) is 5.56 Å². The molecular formula is C19H20BFO4. The quantitative estimate of drug-likeness (QED) is 0.868. The molecule has 1 saturated heterocycles. The van der Waals surface area contributed by atoms with Crippen LogP contribution in [0.3, 0.4) is 0 Å². The molecule has 0 spiro atoms. The molecule has 6 heteroatoms. The number of benzene rings is 2. The van der Waals surface area contributed by atoms with Gasteiger partial charge in [0.1, 0.15) is 5.82 Å². The smallest absolute Gasteiger partial charge is 0.478 e. The molecule has 2 aromatic carbocycles. The second-order valence-electron chi connectivity index (χ2n) is 7.25. The minimum Gasteiger partial charge on any atom is -0.478 e. The highest BCUT2D eigenvalue weighted by atomic mass is 19.1. The van der Waals surface area contributed by atoms with Crippen molar-refractivity contribution in [2.75, 3.05) is 0 Å². The number of halogens is 1. The van der Waals surface area contributed by atoms with Gasteiger partial charge in [0.15, 0.2) is 0 Å². The van der Waals surface area contributed by atoms with E-state index < -0.39 is 30.1 Å². The number of aromatic carboxylic acids is 1. The maximum Gasteiger partial charge on any atom is 0.494 e. The molecule has 1 heterocycles. The summed E-state index contributed by atoms with van der Waals surface area (Å²) in [4.78, 5) is 11.2. The molecule has 130 valence electrons. The summed E-state index contributed by atoms with van der Waals surface area (Å²) in [5.74, 6) is -1.45. The highest BCUT2D eigenvalue weighted by Crippen LogP contribution is 2.36. The van der Waals surface area contributed by atoms with Crippen LogP contribution in [0.15, 0.2) is 42.5 Å². The fourth-order valence-corrected chi connectivity index (χ4v) is 2.73. The largest absolute Gasteiger partial charge is 0.494 e. The standard InChI is InChI=1S/C19H20BFO4/c1-18(2)19(3,4)25-20(24-18)15-9-14(10-16(21)11-15)12-6-5-7-13(8-12)17(22)23/h5-11H,1-4H3,(H,22,23). The number of carboxylic acid groups (broad SMARTS) is 1. The Morgan fingerprint density at radius 3 is 2.24 bits per heavy atom. The zero-order chi connectivity index (χ0) is 18.4. The Balaban J connectivity index is 2.00. The van der Waals surface area contributed by atoms with Crippen LogP contribution in [-0.2, 0) is 9.31 Å². The average molecular weight is 342 g/mol. The summed E-state index contributed by atoms with van der Waals surface area (Å²) < 4.78 is 26.1. The van der Waals surface area contributed by atoms with Crippen molar-refractivity contribution in [3.8, 4) is 11.1 Å². The Bertz CT molecular complexity index is 816. The van der Waals surface area contributed by atoms with Crippen molar-refractivity contribution in [3.63, 3.8) is 0 Å². The summed E-state index contributed by atoms with van der Waals surface area (Å²) in [5, 5.41) is 9.14. The Hall–Kier alpha value is -2.18. The second-order valence-corrected chi connectivity index (χ2v) is 7.25. The van der Waals surface area contributed by atoms with Crippen LogP contribution in [0.25, 0.3) is 11.1 Å². The lowest BCUT2D eigenvalue weighted by Gasteiger charge is -2.32. The summed E-state index contributed by atoms with van der Waals surface area (Å²) in [7, 11) is -0.679. The maximum absolute atomic E-state index is 14.2. The van der Waals surface area contributed by atoms with E-state index in [0.717, 1.165) is 0 Å². The summed E-state index contributed by atoms with van der Waals surface area (Å²) >= 11 is 0. The van der Waals surface area contributed by atoms with Crippen molar-refractivity contribution in [1.82, 2.24) is 0 Å². The molecule has 0 aromatic heterocycles. The maximum atomic E-state index is 14.2. The Morgan fingerprint density at radius 1 is 1.00 bits per heavy atom. The van der Waals surface area contributed by atoms with E-state index in [2.05, 4.69) is 0 Å². The van der Waals surface area contributed by atoms with E-state index in [4.69, 9.17) is 14.4 Å². The van der Waals surface area contributed by atoms with Gasteiger partial charge >= 0.3 is 13.1 Å². The van der Waals surface area contributed by atoms with Crippen molar-refractivity contribution in [3.05, 3.63) is 53.8 Å². The first-order valence-electron chi connectivity index (χ1n) is 8.09. The predicted octanol–water partition coefficient (Wildman–Crippen LogP) is 3.49. The van der Waals surface area contributed by atoms with E-state index in [0.29, 0.717) is 16.6 Å². The van der Waals surface area contributed by atoms with E-state index in [1.165, 1.54) is 24.3 Å². The van der Waals surface area contributed by atoms with Gasteiger partial charge in [0, 0.05) is 0 Å². The van der Waals surface area contributed by atoms with Gasteiger partial charge in [-0.05, 0) is 68.6 Å². The van der Waals surface area contributed by atoms with Gasteiger partial charge in [0.05, 0.1) is 16.8 Å². The molecule has 2 aromatic rings. The molecular weight excluding hydrogens is 322 g/mol. The van der Waals surface area contributed by atoms with Gasteiger partial charge in [0.2, 0.25) is 0 Å². The third kappa shape index (κ3) is 3.32. The summed E-state index contributed by atoms with van der Waals surface area (Å²) in [5.41, 5.74) is 0.874. The van der Waals surface area contributed by atoms with Crippen molar-refractivity contribution in [2.24, 2.45) is 0 Å². The molecule has 1 N–H and O–H groups in total. The lowest BCUT2D eigenvalue weighted by atomic mass is 9.77. The number of rotatable bonds is 3. The first-order valence-corrected chi connectivity index (χ1v) is 8.09. The van der Waals surface area contributed by atoms with Crippen LogP contribution in [0.1, 0.15) is 38.1 Å².